The second-order valence-corrected chi connectivity index (χ2v) is 4.83. The monoisotopic (exact) mass is 255 g/mol. The first-order valence-corrected chi connectivity index (χ1v) is 6.07. The lowest BCUT2D eigenvalue weighted by Gasteiger charge is -2.44. The van der Waals surface area contributed by atoms with Crippen molar-refractivity contribution >= 4 is 17.4 Å². The van der Waals surface area contributed by atoms with Gasteiger partial charge in [0, 0.05) is 0 Å². The number of ether oxygens (including phenoxy) is 2. The number of morpholine rings is 1. The average Bonchev–Trinajstić information content (AvgIpc) is 2.28. The van der Waals surface area contributed by atoms with Crippen molar-refractivity contribution in [1.82, 2.24) is 9.97 Å². The van der Waals surface area contributed by atoms with Crippen molar-refractivity contribution < 1.29 is 9.47 Å². The van der Waals surface area contributed by atoms with E-state index >= 15 is 0 Å². The molecule has 6 heteroatoms. The highest BCUT2D eigenvalue weighted by Gasteiger charge is 2.36. The fourth-order valence-corrected chi connectivity index (χ4v) is 2.65. The van der Waals surface area contributed by atoms with E-state index in [0.717, 1.165) is 17.3 Å². The van der Waals surface area contributed by atoms with Crippen LogP contribution in [0.4, 0.5) is 5.82 Å². The van der Waals surface area contributed by atoms with E-state index in [1.165, 1.54) is 0 Å². The van der Waals surface area contributed by atoms with E-state index in [9.17, 15) is 0 Å². The van der Waals surface area contributed by atoms with Crippen molar-refractivity contribution in [3.05, 3.63) is 11.0 Å². The summed E-state index contributed by atoms with van der Waals surface area (Å²) in [5.74, 6) is 1.55. The van der Waals surface area contributed by atoms with Crippen LogP contribution in [0, 0.1) is 6.92 Å². The summed E-state index contributed by atoms with van der Waals surface area (Å²) in [5.41, 5.74) is 0.789. The predicted octanol–water partition coefficient (Wildman–Crippen LogP) is 1.42. The molecule has 17 heavy (non-hydrogen) atoms. The lowest BCUT2D eigenvalue weighted by molar-refractivity contribution is 0.0484. The highest BCUT2D eigenvalue weighted by Crippen LogP contribution is 2.37. The number of aryl methyl sites for hydroxylation is 1. The highest BCUT2D eigenvalue weighted by molar-refractivity contribution is 6.28. The molecule has 0 saturated carbocycles. The van der Waals surface area contributed by atoms with Crippen LogP contribution in [0.15, 0.2) is 0 Å². The standard InChI is InChI=1S/C11H14ClN3O2/c1-6-3-16-4-8-5-17-9-7(2)13-11(12)14-10(9)15(6)8/h6,8H,3-5H2,1-2H3. The minimum atomic E-state index is 0.219. The van der Waals surface area contributed by atoms with Crippen molar-refractivity contribution in [2.75, 3.05) is 24.7 Å². The van der Waals surface area contributed by atoms with Crippen molar-refractivity contribution in [2.45, 2.75) is 25.9 Å². The van der Waals surface area contributed by atoms with Gasteiger partial charge in [-0.25, -0.2) is 4.98 Å². The molecular formula is C11H14ClN3O2. The van der Waals surface area contributed by atoms with Crippen LogP contribution in [-0.4, -0.2) is 41.9 Å². The number of aromatic nitrogens is 2. The van der Waals surface area contributed by atoms with E-state index in [0.29, 0.717) is 19.8 Å². The molecule has 0 radical (unpaired) electrons. The topological polar surface area (TPSA) is 47.5 Å². The van der Waals surface area contributed by atoms with Crippen LogP contribution in [0.25, 0.3) is 0 Å². The van der Waals surface area contributed by atoms with Gasteiger partial charge in [0.1, 0.15) is 6.61 Å². The molecule has 3 heterocycles. The van der Waals surface area contributed by atoms with Gasteiger partial charge in [-0.1, -0.05) is 0 Å². The molecule has 1 fully saturated rings. The third-order valence-corrected chi connectivity index (χ3v) is 3.36. The minimum Gasteiger partial charge on any atom is -0.486 e. The molecule has 0 aliphatic carbocycles. The second-order valence-electron chi connectivity index (χ2n) is 4.49. The van der Waals surface area contributed by atoms with E-state index in [1.54, 1.807) is 0 Å². The minimum absolute atomic E-state index is 0.219. The molecule has 5 nitrogen and oxygen atoms in total. The first-order valence-electron chi connectivity index (χ1n) is 5.70. The smallest absolute Gasteiger partial charge is 0.224 e. The molecule has 2 atom stereocenters. The summed E-state index contributed by atoms with van der Waals surface area (Å²) < 4.78 is 11.3. The molecule has 2 aliphatic rings. The predicted molar refractivity (Wildman–Crippen MR) is 63.8 cm³/mol. The average molecular weight is 256 g/mol. The van der Waals surface area contributed by atoms with Crippen LogP contribution < -0.4 is 9.64 Å². The van der Waals surface area contributed by atoms with Crippen molar-refractivity contribution in [1.29, 1.82) is 0 Å². The summed E-state index contributed by atoms with van der Waals surface area (Å²) in [7, 11) is 0. The zero-order valence-electron chi connectivity index (χ0n) is 9.81. The molecule has 2 aliphatic heterocycles. The molecule has 0 bridgehead atoms. The third-order valence-electron chi connectivity index (χ3n) is 3.19. The summed E-state index contributed by atoms with van der Waals surface area (Å²) in [6.07, 6.45) is 0. The van der Waals surface area contributed by atoms with E-state index < -0.39 is 0 Å². The largest absolute Gasteiger partial charge is 0.486 e. The number of fused-ring (bicyclic) bond motifs is 3. The molecule has 2 unspecified atom stereocenters. The maximum absolute atomic E-state index is 5.93. The first-order chi connectivity index (χ1) is 8.16. The Morgan fingerprint density at radius 1 is 1.29 bits per heavy atom. The SMILES string of the molecule is Cc1nc(Cl)nc2c1OCC1COCC(C)N21. The van der Waals surface area contributed by atoms with Gasteiger partial charge in [-0.3, -0.25) is 0 Å². The van der Waals surface area contributed by atoms with Gasteiger partial charge in [0.2, 0.25) is 5.28 Å². The van der Waals surface area contributed by atoms with Gasteiger partial charge in [-0.05, 0) is 25.4 Å². The number of nitrogens with zero attached hydrogens (tertiary/aromatic N) is 3. The Bertz CT molecular complexity index is 455. The normalized spacial score (nSPS) is 27.1. The van der Waals surface area contributed by atoms with Crippen molar-refractivity contribution in [3.63, 3.8) is 0 Å². The molecule has 1 aromatic heterocycles. The summed E-state index contributed by atoms with van der Waals surface area (Å²) in [4.78, 5) is 10.7. The summed E-state index contributed by atoms with van der Waals surface area (Å²) in [6, 6.07) is 0.499. The highest BCUT2D eigenvalue weighted by atomic mass is 35.5. The van der Waals surface area contributed by atoms with E-state index in [1.807, 2.05) is 6.92 Å². The quantitative estimate of drug-likeness (QED) is 0.657. The Kier molecular flexibility index (Phi) is 2.60. The summed E-state index contributed by atoms with van der Waals surface area (Å²) in [5, 5.41) is 0.268. The lowest BCUT2D eigenvalue weighted by Crippen LogP contribution is -2.56. The van der Waals surface area contributed by atoms with Gasteiger partial charge >= 0.3 is 0 Å². The number of hydrogen-bond acceptors (Lipinski definition) is 5. The molecule has 0 aromatic carbocycles. The molecule has 0 spiro atoms. The lowest BCUT2D eigenvalue weighted by atomic mass is 10.1. The van der Waals surface area contributed by atoms with Crippen molar-refractivity contribution in [3.8, 4) is 5.75 Å². The summed E-state index contributed by atoms with van der Waals surface area (Å²) in [6.45, 7) is 5.99. The molecular weight excluding hydrogens is 242 g/mol. The van der Waals surface area contributed by atoms with Crippen LogP contribution in [-0.2, 0) is 4.74 Å². The Labute approximate surface area is 105 Å². The van der Waals surface area contributed by atoms with E-state index in [-0.39, 0.29) is 17.4 Å². The molecule has 0 N–H and O–H groups in total. The Morgan fingerprint density at radius 3 is 2.94 bits per heavy atom. The van der Waals surface area contributed by atoms with Crippen LogP contribution in [0.1, 0.15) is 12.6 Å². The van der Waals surface area contributed by atoms with E-state index in [4.69, 9.17) is 21.1 Å². The first kappa shape index (κ1) is 11.0. The van der Waals surface area contributed by atoms with Crippen molar-refractivity contribution in [2.24, 2.45) is 0 Å². The second kappa shape index (κ2) is 3.99. The number of halogens is 1. The van der Waals surface area contributed by atoms with Gasteiger partial charge in [0.15, 0.2) is 11.6 Å². The number of anilines is 1. The van der Waals surface area contributed by atoms with E-state index in [2.05, 4.69) is 21.8 Å². The van der Waals surface area contributed by atoms with Gasteiger partial charge < -0.3 is 14.4 Å². The molecule has 3 rings (SSSR count). The number of hydrogen-bond donors (Lipinski definition) is 0. The van der Waals surface area contributed by atoms with Gasteiger partial charge in [0.25, 0.3) is 0 Å². The fourth-order valence-electron chi connectivity index (χ4n) is 2.44. The van der Waals surface area contributed by atoms with Crippen LogP contribution >= 0.6 is 11.6 Å². The van der Waals surface area contributed by atoms with Crippen LogP contribution in [0.2, 0.25) is 5.28 Å². The maximum Gasteiger partial charge on any atom is 0.224 e. The van der Waals surface area contributed by atoms with Crippen LogP contribution in [0.3, 0.4) is 0 Å². The zero-order chi connectivity index (χ0) is 12.0. The zero-order valence-corrected chi connectivity index (χ0v) is 10.6. The Balaban J connectivity index is 2.09. The van der Waals surface area contributed by atoms with Gasteiger partial charge in [-0.2, -0.15) is 4.98 Å². The van der Waals surface area contributed by atoms with Gasteiger partial charge in [-0.15, -0.1) is 0 Å². The maximum atomic E-state index is 5.93. The summed E-state index contributed by atoms with van der Waals surface area (Å²) >= 11 is 5.93. The molecule has 0 amide bonds. The molecule has 1 aromatic rings. The van der Waals surface area contributed by atoms with Gasteiger partial charge in [0.05, 0.1) is 31.0 Å². The Hall–Kier alpha value is -1.07. The fraction of sp³-hybridized carbons (Fsp3) is 0.636. The third kappa shape index (κ3) is 1.73. The molecule has 92 valence electrons. The molecule has 1 saturated heterocycles. The number of rotatable bonds is 0. The Morgan fingerprint density at radius 2 is 2.12 bits per heavy atom. The van der Waals surface area contributed by atoms with Crippen LogP contribution in [0.5, 0.6) is 5.75 Å².